The molecule has 0 aliphatic heterocycles. The van der Waals surface area contributed by atoms with Gasteiger partial charge in [-0.1, -0.05) is 35.1 Å². The number of benzene rings is 1. The second-order valence-corrected chi connectivity index (χ2v) is 9.34. The molecular formula is C21H18ClN3OS2. The van der Waals surface area contributed by atoms with Crippen molar-refractivity contribution >= 4 is 55.5 Å². The summed E-state index contributed by atoms with van der Waals surface area (Å²) in [5.41, 5.74) is 4.13. The SMILES string of the molecule is Cc1ccc2sc(N(Cc3ccccn3)C(=O)Cc3ccc(Cl)s3)nc2c1C. The molecule has 0 radical (unpaired) electrons. The van der Waals surface area contributed by atoms with Crippen molar-refractivity contribution in [3.63, 3.8) is 0 Å². The lowest BCUT2D eigenvalue weighted by Crippen LogP contribution is -2.31. The van der Waals surface area contributed by atoms with E-state index < -0.39 is 0 Å². The number of rotatable bonds is 5. The minimum atomic E-state index is -0.0161. The highest BCUT2D eigenvalue weighted by Crippen LogP contribution is 2.33. The number of fused-ring (bicyclic) bond motifs is 1. The van der Waals surface area contributed by atoms with E-state index in [1.165, 1.54) is 28.2 Å². The lowest BCUT2D eigenvalue weighted by atomic mass is 10.1. The van der Waals surface area contributed by atoms with Gasteiger partial charge in [0.2, 0.25) is 5.91 Å². The largest absolute Gasteiger partial charge is 0.282 e. The molecule has 3 heterocycles. The highest BCUT2D eigenvalue weighted by molar-refractivity contribution is 7.22. The van der Waals surface area contributed by atoms with Gasteiger partial charge in [0.1, 0.15) is 0 Å². The third-order valence-corrected chi connectivity index (χ3v) is 6.88. The predicted octanol–water partition coefficient (Wildman–Crippen LogP) is 5.80. The summed E-state index contributed by atoms with van der Waals surface area (Å²) >= 11 is 8.99. The van der Waals surface area contributed by atoms with Crippen LogP contribution in [0.3, 0.4) is 0 Å². The summed E-state index contributed by atoms with van der Waals surface area (Å²) in [6.45, 7) is 4.53. The lowest BCUT2D eigenvalue weighted by Gasteiger charge is -2.19. The number of hydrogen-bond acceptors (Lipinski definition) is 5. The van der Waals surface area contributed by atoms with E-state index in [-0.39, 0.29) is 12.3 Å². The number of hydrogen-bond donors (Lipinski definition) is 0. The number of carbonyl (C=O) groups is 1. The number of thiazole rings is 1. The van der Waals surface area contributed by atoms with E-state index in [1.54, 1.807) is 11.1 Å². The van der Waals surface area contributed by atoms with Crippen molar-refractivity contribution in [2.45, 2.75) is 26.8 Å². The zero-order chi connectivity index (χ0) is 19.7. The van der Waals surface area contributed by atoms with Crippen molar-refractivity contribution in [2.75, 3.05) is 4.90 Å². The van der Waals surface area contributed by atoms with E-state index in [9.17, 15) is 4.79 Å². The van der Waals surface area contributed by atoms with Gasteiger partial charge in [-0.15, -0.1) is 11.3 Å². The first-order chi connectivity index (χ1) is 13.5. The average molecular weight is 428 g/mol. The normalized spacial score (nSPS) is 11.1. The molecule has 0 saturated carbocycles. The van der Waals surface area contributed by atoms with Crippen LogP contribution in [-0.4, -0.2) is 15.9 Å². The van der Waals surface area contributed by atoms with Crippen LogP contribution < -0.4 is 4.90 Å². The fraction of sp³-hybridized carbons (Fsp3) is 0.190. The molecule has 4 nitrogen and oxygen atoms in total. The number of thiophene rings is 1. The van der Waals surface area contributed by atoms with Gasteiger partial charge >= 0.3 is 0 Å². The van der Waals surface area contributed by atoms with Crippen molar-refractivity contribution in [1.29, 1.82) is 0 Å². The Morgan fingerprint density at radius 2 is 1.96 bits per heavy atom. The quantitative estimate of drug-likeness (QED) is 0.404. The van der Waals surface area contributed by atoms with E-state index in [0.29, 0.717) is 16.0 Å². The highest BCUT2D eigenvalue weighted by atomic mass is 35.5. The Bertz CT molecular complexity index is 1140. The van der Waals surface area contributed by atoms with Crippen molar-refractivity contribution in [1.82, 2.24) is 9.97 Å². The maximum atomic E-state index is 13.2. The van der Waals surface area contributed by atoms with Gasteiger partial charge in [-0.05, 0) is 55.3 Å². The second kappa shape index (κ2) is 7.99. The molecule has 1 aromatic carbocycles. The van der Waals surface area contributed by atoms with Gasteiger partial charge < -0.3 is 0 Å². The maximum Gasteiger partial charge on any atom is 0.234 e. The van der Waals surface area contributed by atoms with E-state index >= 15 is 0 Å². The number of aryl methyl sites for hydroxylation is 2. The Morgan fingerprint density at radius 1 is 1.11 bits per heavy atom. The average Bonchev–Trinajstić information content (AvgIpc) is 3.30. The van der Waals surface area contributed by atoms with Crippen molar-refractivity contribution in [3.8, 4) is 0 Å². The van der Waals surface area contributed by atoms with Crippen LogP contribution in [-0.2, 0) is 17.8 Å². The summed E-state index contributed by atoms with van der Waals surface area (Å²) < 4.78 is 1.77. The number of pyridine rings is 1. The molecule has 1 amide bonds. The first-order valence-electron chi connectivity index (χ1n) is 8.82. The van der Waals surface area contributed by atoms with Gasteiger partial charge in [0, 0.05) is 11.1 Å². The van der Waals surface area contributed by atoms with Crippen molar-refractivity contribution in [3.05, 3.63) is 74.7 Å². The standard InChI is InChI=1S/C21H18ClN3OS2/c1-13-6-8-17-20(14(13)2)24-21(28-17)25(12-15-5-3-4-10-23-15)19(26)11-16-7-9-18(22)27-16/h3-10H,11-12H2,1-2H3. The van der Waals surface area contributed by atoms with Gasteiger partial charge in [-0.3, -0.25) is 14.7 Å². The third kappa shape index (κ3) is 3.94. The number of carbonyl (C=O) groups excluding carboxylic acids is 1. The van der Waals surface area contributed by atoms with Crippen molar-refractivity contribution < 1.29 is 4.79 Å². The van der Waals surface area contributed by atoms with Gasteiger partial charge in [0.15, 0.2) is 5.13 Å². The van der Waals surface area contributed by atoms with Crippen LogP contribution in [0, 0.1) is 13.8 Å². The van der Waals surface area contributed by atoms with Crippen LogP contribution in [0.2, 0.25) is 4.34 Å². The summed E-state index contributed by atoms with van der Waals surface area (Å²) in [7, 11) is 0. The van der Waals surface area contributed by atoms with Crippen molar-refractivity contribution in [2.24, 2.45) is 0 Å². The monoisotopic (exact) mass is 427 g/mol. The number of anilines is 1. The van der Waals surface area contributed by atoms with Crippen LogP contribution in [0.15, 0.2) is 48.7 Å². The van der Waals surface area contributed by atoms with Gasteiger partial charge in [-0.25, -0.2) is 4.98 Å². The number of amides is 1. The Labute approximate surface area is 176 Å². The zero-order valence-corrected chi connectivity index (χ0v) is 17.9. The minimum Gasteiger partial charge on any atom is -0.282 e. The predicted molar refractivity (Wildman–Crippen MR) is 118 cm³/mol. The summed E-state index contributed by atoms with van der Waals surface area (Å²) in [4.78, 5) is 25.1. The molecule has 4 aromatic rings. The molecule has 3 aromatic heterocycles. The van der Waals surface area contributed by atoms with Crippen LogP contribution in [0.5, 0.6) is 0 Å². The second-order valence-electron chi connectivity index (χ2n) is 6.53. The fourth-order valence-electron chi connectivity index (χ4n) is 2.94. The van der Waals surface area contributed by atoms with E-state index in [2.05, 4.69) is 31.0 Å². The molecule has 0 N–H and O–H groups in total. The molecule has 0 fully saturated rings. The molecule has 142 valence electrons. The smallest absolute Gasteiger partial charge is 0.234 e. The summed E-state index contributed by atoms with van der Waals surface area (Å²) in [6, 6.07) is 13.6. The summed E-state index contributed by atoms with van der Waals surface area (Å²) in [5, 5.41) is 0.696. The first kappa shape index (κ1) is 19.1. The molecule has 0 spiro atoms. The summed E-state index contributed by atoms with van der Waals surface area (Å²) in [5.74, 6) is -0.0161. The molecule has 28 heavy (non-hydrogen) atoms. The Hall–Kier alpha value is -2.28. The van der Waals surface area contributed by atoms with E-state index in [1.807, 2.05) is 30.3 Å². The minimum absolute atomic E-state index is 0.0161. The third-order valence-electron chi connectivity index (χ3n) is 4.61. The molecule has 0 bridgehead atoms. The molecule has 4 rings (SSSR count). The van der Waals surface area contributed by atoms with Crippen LogP contribution in [0.1, 0.15) is 21.7 Å². The van der Waals surface area contributed by atoms with Gasteiger partial charge in [0.25, 0.3) is 0 Å². The topological polar surface area (TPSA) is 46.1 Å². The molecule has 7 heteroatoms. The molecule has 0 atom stereocenters. The Balaban J connectivity index is 1.71. The molecular weight excluding hydrogens is 410 g/mol. The van der Waals surface area contributed by atoms with E-state index in [4.69, 9.17) is 16.6 Å². The highest BCUT2D eigenvalue weighted by Gasteiger charge is 2.22. The molecule has 0 unspecified atom stereocenters. The number of nitrogens with zero attached hydrogens (tertiary/aromatic N) is 3. The number of aromatic nitrogens is 2. The maximum absolute atomic E-state index is 13.2. The Kier molecular flexibility index (Phi) is 5.44. The molecule has 0 saturated heterocycles. The summed E-state index contributed by atoms with van der Waals surface area (Å²) in [6.07, 6.45) is 2.03. The van der Waals surface area contributed by atoms with Crippen LogP contribution >= 0.6 is 34.3 Å². The fourth-order valence-corrected chi connectivity index (χ4v) is 5.06. The van der Waals surface area contributed by atoms with Gasteiger partial charge in [0.05, 0.1) is 33.2 Å². The first-order valence-corrected chi connectivity index (χ1v) is 10.8. The molecule has 0 aliphatic carbocycles. The van der Waals surface area contributed by atoms with Crippen LogP contribution in [0.25, 0.3) is 10.2 Å². The van der Waals surface area contributed by atoms with E-state index in [0.717, 1.165) is 26.4 Å². The lowest BCUT2D eigenvalue weighted by molar-refractivity contribution is -0.118. The van der Waals surface area contributed by atoms with Gasteiger partial charge in [-0.2, -0.15) is 0 Å². The zero-order valence-electron chi connectivity index (χ0n) is 15.5. The molecule has 0 aliphatic rings. The number of halogens is 1. The Morgan fingerprint density at radius 3 is 2.68 bits per heavy atom. The van der Waals surface area contributed by atoms with Crippen LogP contribution in [0.4, 0.5) is 5.13 Å².